The molecular weight excluding hydrogens is 307 g/mol. The Morgan fingerprint density at radius 2 is 1.95 bits per heavy atom. The molecule has 0 atom stereocenters. The first-order chi connectivity index (χ1) is 10.4. The maximum Gasteiger partial charge on any atom is 0.573 e. The third kappa shape index (κ3) is 4.86. The number of benzene rings is 1. The van der Waals surface area contributed by atoms with Gasteiger partial charge in [0.05, 0.1) is 6.61 Å². The van der Waals surface area contributed by atoms with Crippen LogP contribution in [0.2, 0.25) is 0 Å². The van der Waals surface area contributed by atoms with E-state index in [1.165, 1.54) is 6.07 Å². The number of hydrogen-bond donors (Lipinski definition) is 0. The summed E-state index contributed by atoms with van der Waals surface area (Å²) in [6.45, 7) is 3.70. The van der Waals surface area contributed by atoms with Gasteiger partial charge in [-0.2, -0.15) is 0 Å². The Balaban J connectivity index is 1.95. The van der Waals surface area contributed by atoms with E-state index in [4.69, 9.17) is 14.0 Å². The van der Waals surface area contributed by atoms with Crippen molar-refractivity contribution in [2.45, 2.75) is 13.3 Å². The highest BCUT2D eigenvalue weighted by Crippen LogP contribution is 2.24. The van der Waals surface area contributed by atoms with Gasteiger partial charge in [0.2, 0.25) is 0 Å². The first-order valence-corrected chi connectivity index (χ1v) is 6.75. The molecule has 122 valence electrons. The normalized spacial score (nSPS) is 16.9. The Kier molecular flexibility index (Phi) is 5.66. The van der Waals surface area contributed by atoms with Crippen LogP contribution < -0.4 is 10.2 Å². The molecule has 9 heteroatoms. The van der Waals surface area contributed by atoms with Gasteiger partial charge in [-0.15, -0.1) is 13.2 Å². The zero-order valence-electron chi connectivity index (χ0n) is 11.9. The molecule has 1 heterocycles. The quantitative estimate of drug-likeness (QED) is 0.615. The first-order valence-electron chi connectivity index (χ1n) is 6.75. The fourth-order valence-corrected chi connectivity index (χ4v) is 1.99. The number of ether oxygens (including phenoxy) is 2. The maximum absolute atomic E-state index is 13.6. The van der Waals surface area contributed by atoms with E-state index >= 15 is 0 Å². The third-order valence-corrected chi connectivity index (χ3v) is 2.98. The topological polar surface area (TPSA) is 36.9 Å². The van der Waals surface area contributed by atoms with E-state index in [1.54, 1.807) is 0 Å². The number of halogens is 4. The summed E-state index contributed by atoms with van der Waals surface area (Å²) in [5.41, 5.74) is 0.293. The lowest BCUT2D eigenvalue weighted by atomic mass is 9.77. The van der Waals surface area contributed by atoms with Crippen LogP contribution in [0.5, 0.6) is 5.75 Å². The Bertz CT molecular complexity index is 489. The molecule has 1 aromatic carbocycles. The van der Waals surface area contributed by atoms with E-state index in [0.717, 1.165) is 12.1 Å². The van der Waals surface area contributed by atoms with Gasteiger partial charge in [-0.1, -0.05) is 6.07 Å². The molecule has 0 aromatic heterocycles. The van der Waals surface area contributed by atoms with Gasteiger partial charge in [0.1, 0.15) is 0 Å². The molecule has 0 spiro atoms. The number of alkyl halides is 3. The summed E-state index contributed by atoms with van der Waals surface area (Å²) in [6, 6.07) is 3.09. The average Bonchev–Trinajstić information content (AvgIpc) is 2.46. The van der Waals surface area contributed by atoms with Gasteiger partial charge in [0.25, 0.3) is 0 Å². The second-order valence-electron chi connectivity index (χ2n) is 4.76. The fraction of sp³-hybridized carbons (Fsp3) is 0.538. The molecule has 0 amide bonds. The lowest BCUT2D eigenvalue weighted by Crippen LogP contribution is -2.45. The molecule has 0 radical (unpaired) electrons. The molecule has 1 aliphatic heterocycles. The van der Waals surface area contributed by atoms with Crippen LogP contribution in [-0.4, -0.2) is 39.9 Å². The molecule has 0 saturated carbocycles. The molecule has 0 N–H and O–H groups in total. The lowest BCUT2D eigenvalue weighted by molar-refractivity contribution is -0.275. The summed E-state index contributed by atoms with van der Waals surface area (Å²) in [5, 5.41) is 0. The van der Waals surface area contributed by atoms with Gasteiger partial charge >= 0.3 is 13.5 Å². The summed E-state index contributed by atoms with van der Waals surface area (Å²) in [7, 11) is -0.813. The Morgan fingerprint density at radius 1 is 1.27 bits per heavy atom. The largest absolute Gasteiger partial charge is 0.573 e. The van der Waals surface area contributed by atoms with Gasteiger partial charge in [-0.3, -0.25) is 0 Å². The monoisotopic (exact) mass is 322 g/mol. The van der Waals surface area contributed by atoms with E-state index in [9.17, 15) is 17.6 Å². The molecular formula is C13H15BF4O4. The molecule has 1 aliphatic rings. The van der Waals surface area contributed by atoms with E-state index in [1.807, 2.05) is 6.92 Å². The highest BCUT2D eigenvalue weighted by atomic mass is 19.4. The van der Waals surface area contributed by atoms with Crippen molar-refractivity contribution in [1.29, 1.82) is 0 Å². The number of rotatable bonds is 5. The Morgan fingerprint density at radius 3 is 2.50 bits per heavy atom. The van der Waals surface area contributed by atoms with Crippen molar-refractivity contribution in [2.75, 3.05) is 26.4 Å². The van der Waals surface area contributed by atoms with Crippen molar-refractivity contribution < 1.29 is 36.3 Å². The van der Waals surface area contributed by atoms with E-state index < -0.39 is 25.0 Å². The molecule has 4 nitrogen and oxygen atoms in total. The van der Waals surface area contributed by atoms with Crippen molar-refractivity contribution in [1.82, 2.24) is 0 Å². The van der Waals surface area contributed by atoms with Crippen LogP contribution in [0.1, 0.15) is 6.92 Å². The fourth-order valence-electron chi connectivity index (χ4n) is 1.99. The Labute approximate surface area is 125 Å². The predicted molar refractivity (Wildman–Crippen MR) is 70.4 cm³/mol. The van der Waals surface area contributed by atoms with Crippen LogP contribution in [0.15, 0.2) is 18.2 Å². The minimum absolute atomic E-state index is 0.0777. The Hall–Kier alpha value is -1.32. The number of hydrogen-bond acceptors (Lipinski definition) is 4. The summed E-state index contributed by atoms with van der Waals surface area (Å²) in [6.07, 6.45) is -4.94. The van der Waals surface area contributed by atoms with Crippen molar-refractivity contribution in [2.24, 2.45) is 5.92 Å². The van der Waals surface area contributed by atoms with Crippen molar-refractivity contribution in [3.8, 4) is 5.75 Å². The van der Waals surface area contributed by atoms with Crippen LogP contribution in [0, 0.1) is 11.7 Å². The van der Waals surface area contributed by atoms with Gasteiger partial charge < -0.3 is 18.8 Å². The molecule has 1 aromatic rings. The van der Waals surface area contributed by atoms with E-state index in [2.05, 4.69) is 4.74 Å². The van der Waals surface area contributed by atoms with Gasteiger partial charge in [-0.25, -0.2) is 4.39 Å². The van der Waals surface area contributed by atoms with Crippen molar-refractivity contribution in [3.63, 3.8) is 0 Å². The average molecular weight is 322 g/mol. The molecule has 0 bridgehead atoms. The summed E-state index contributed by atoms with van der Waals surface area (Å²) in [4.78, 5) is 0. The summed E-state index contributed by atoms with van der Waals surface area (Å²) < 4.78 is 69.5. The standard InChI is InChI=1S/C13H15BF4O4/c1-2-19-6-9-7-20-14(21-8-9)10-3-4-12(11(15)5-10)22-13(16,17)18/h3-5,9H,2,6-8H2,1H3. The first kappa shape index (κ1) is 17.0. The van der Waals surface area contributed by atoms with Crippen molar-refractivity contribution in [3.05, 3.63) is 24.0 Å². The van der Waals surface area contributed by atoms with E-state index in [-0.39, 0.29) is 5.92 Å². The third-order valence-electron chi connectivity index (χ3n) is 2.98. The SMILES string of the molecule is CCOCC1COB(c2ccc(OC(F)(F)F)c(F)c2)OC1. The summed E-state index contributed by atoms with van der Waals surface area (Å²) >= 11 is 0. The second-order valence-corrected chi connectivity index (χ2v) is 4.76. The van der Waals surface area contributed by atoms with Crippen LogP contribution in [-0.2, 0) is 14.0 Å². The lowest BCUT2D eigenvalue weighted by Gasteiger charge is -2.27. The molecule has 0 unspecified atom stereocenters. The second kappa shape index (κ2) is 7.30. The van der Waals surface area contributed by atoms with E-state index in [0.29, 0.717) is 31.9 Å². The zero-order valence-corrected chi connectivity index (χ0v) is 11.9. The van der Waals surface area contributed by atoms with Crippen LogP contribution in [0.3, 0.4) is 0 Å². The highest BCUT2D eigenvalue weighted by Gasteiger charge is 2.34. The maximum atomic E-state index is 13.6. The van der Waals surface area contributed by atoms with Crippen LogP contribution in [0.25, 0.3) is 0 Å². The smallest absolute Gasteiger partial charge is 0.407 e. The molecule has 1 saturated heterocycles. The molecule has 0 aliphatic carbocycles. The van der Waals surface area contributed by atoms with Gasteiger partial charge in [-0.05, 0) is 24.5 Å². The highest BCUT2D eigenvalue weighted by molar-refractivity contribution is 6.61. The summed E-state index contributed by atoms with van der Waals surface area (Å²) in [5.74, 6) is -1.94. The predicted octanol–water partition coefficient (Wildman–Crippen LogP) is 2.12. The van der Waals surface area contributed by atoms with Gasteiger partial charge in [0.15, 0.2) is 11.6 Å². The van der Waals surface area contributed by atoms with Gasteiger partial charge in [0, 0.05) is 25.7 Å². The van der Waals surface area contributed by atoms with Crippen LogP contribution in [0.4, 0.5) is 17.6 Å². The molecule has 22 heavy (non-hydrogen) atoms. The minimum atomic E-state index is -4.94. The van der Waals surface area contributed by atoms with Crippen LogP contribution >= 0.6 is 0 Å². The zero-order chi connectivity index (χ0) is 16.2. The molecule has 2 rings (SSSR count). The van der Waals surface area contributed by atoms with Crippen molar-refractivity contribution >= 4 is 12.6 Å². The molecule has 1 fully saturated rings. The minimum Gasteiger partial charge on any atom is -0.407 e.